The van der Waals surface area contributed by atoms with Gasteiger partial charge >= 0.3 is 0 Å². The zero-order valence-electron chi connectivity index (χ0n) is 9.19. The predicted molar refractivity (Wildman–Crippen MR) is 57.5 cm³/mol. The fourth-order valence-electron chi connectivity index (χ4n) is 2.55. The molecule has 0 bridgehead atoms. The van der Waals surface area contributed by atoms with Gasteiger partial charge in [0.25, 0.3) is 0 Å². The number of nitrogens with zero attached hydrogens (tertiary/aromatic N) is 2. The molecule has 0 radical (unpaired) electrons. The maximum atomic E-state index is 11.9. The Kier molecular flexibility index (Phi) is 3.59. The van der Waals surface area contributed by atoms with E-state index in [4.69, 9.17) is 5.11 Å². The molecule has 86 valence electrons. The highest BCUT2D eigenvalue weighted by Gasteiger charge is 2.27. The molecule has 4 nitrogen and oxygen atoms in total. The van der Waals surface area contributed by atoms with Crippen LogP contribution in [0, 0.1) is 0 Å². The third-order valence-corrected chi connectivity index (χ3v) is 3.51. The number of amides is 1. The molecule has 0 spiro atoms. The minimum absolute atomic E-state index is 0.188. The van der Waals surface area contributed by atoms with E-state index < -0.39 is 0 Å². The minimum atomic E-state index is 0.188. The van der Waals surface area contributed by atoms with Crippen LogP contribution in [0.3, 0.4) is 0 Å². The molecule has 0 unspecified atom stereocenters. The molecule has 0 aromatic carbocycles. The van der Waals surface area contributed by atoms with Gasteiger partial charge in [-0.05, 0) is 32.2 Å². The summed E-state index contributed by atoms with van der Waals surface area (Å²) in [6.45, 7) is 3.51. The van der Waals surface area contributed by atoms with Crippen LogP contribution in [0.15, 0.2) is 0 Å². The van der Waals surface area contributed by atoms with E-state index in [1.807, 2.05) is 4.90 Å². The summed E-state index contributed by atoms with van der Waals surface area (Å²) in [5.41, 5.74) is 0. The summed E-state index contributed by atoms with van der Waals surface area (Å²) in [6, 6.07) is 0.219. The topological polar surface area (TPSA) is 43.8 Å². The van der Waals surface area contributed by atoms with E-state index in [0.717, 1.165) is 45.3 Å². The SMILES string of the molecule is O=C(CN1CCC[C@@H]1CO)N1CCCC1. The molecule has 2 aliphatic rings. The zero-order chi connectivity index (χ0) is 10.7. The molecule has 2 saturated heterocycles. The molecule has 2 heterocycles. The summed E-state index contributed by atoms with van der Waals surface area (Å²) >= 11 is 0. The maximum Gasteiger partial charge on any atom is 0.236 e. The van der Waals surface area contributed by atoms with E-state index in [1.54, 1.807) is 0 Å². The van der Waals surface area contributed by atoms with Crippen LogP contribution in [0.1, 0.15) is 25.7 Å². The highest BCUT2D eigenvalue weighted by molar-refractivity contribution is 5.78. The Morgan fingerprint density at radius 3 is 2.60 bits per heavy atom. The van der Waals surface area contributed by atoms with Gasteiger partial charge < -0.3 is 10.0 Å². The fourth-order valence-corrected chi connectivity index (χ4v) is 2.55. The van der Waals surface area contributed by atoms with Crippen molar-refractivity contribution in [2.75, 3.05) is 32.8 Å². The van der Waals surface area contributed by atoms with Crippen molar-refractivity contribution in [3.05, 3.63) is 0 Å². The lowest BCUT2D eigenvalue weighted by Crippen LogP contribution is -2.42. The first kappa shape index (κ1) is 10.9. The quantitative estimate of drug-likeness (QED) is 0.720. The van der Waals surface area contributed by atoms with Gasteiger partial charge in [-0.1, -0.05) is 0 Å². The summed E-state index contributed by atoms with van der Waals surface area (Å²) in [5.74, 6) is 0.243. The second-order valence-electron chi connectivity index (χ2n) is 4.54. The number of carbonyl (C=O) groups excluding carboxylic acids is 1. The van der Waals surface area contributed by atoms with Gasteiger partial charge in [-0.2, -0.15) is 0 Å². The smallest absolute Gasteiger partial charge is 0.236 e. The van der Waals surface area contributed by atoms with Crippen molar-refractivity contribution < 1.29 is 9.90 Å². The first-order chi connectivity index (χ1) is 7.31. The number of likely N-dealkylation sites (tertiary alicyclic amines) is 2. The highest BCUT2D eigenvalue weighted by Crippen LogP contribution is 2.17. The Bertz CT molecular complexity index is 227. The Balaban J connectivity index is 1.82. The van der Waals surface area contributed by atoms with Gasteiger partial charge in [0.15, 0.2) is 0 Å². The molecule has 0 saturated carbocycles. The average molecular weight is 212 g/mol. The van der Waals surface area contributed by atoms with E-state index >= 15 is 0 Å². The normalized spacial score (nSPS) is 27.5. The Hall–Kier alpha value is -0.610. The molecule has 1 atom stereocenters. The van der Waals surface area contributed by atoms with Crippen molar-refractivity contribution in [3.8, 4) is 0 Å². The summed E-state index contributed by atoms with van der Waals surface area (Å²) in [5, 5.41) is 9.15. The number of hydrogen-bond acceptors (Lipinski definition) is 3. The third-order valence-electron chi connectivity index (χ3n) is 3.51. The van der Waals surface area contributed by atoms with Crippen molar-refractivity contribution in [1.29, 1.82) is 0 Å². The molecule has 0 aromatic rings. The lowest BCUT2D eigenvalue weighted by Gasteiger charge is -2.24. The maximum absolute atomic E-state index is 11.9. The van der Waals surface area contributed by atoms with Crippen molar-refractivity contribution >= 4 is 5.91 Å². The summed E-state index contributed by atoms with van der Waals surface area (Å²) < 4.78 is 0. The predicted octanol–water partition coefficient (Wildman–Crippen LogP) is 0.0655. The number of hydrogen-bond donors (Lipinski definition) is 1. The summed E-state index contributed by atoms with van der Waals surface area (Å²) in [4.78, 5) is 15.9. The Labute approximate surface area is 90.9 Å². The number of carbonyl (C=O) groups is 1. The van der Waals surface area contributed by atoms with E-state index in [1.165, 1.54) is 0 Å². The van der Waals surface area contributed by atoms with Crippen LogP contribution >= 0.6 is 0 Å². The van der Waals surface area contributed by atoms with Crippen LogP contribution < -0.4 is 0 Å². The van der Waals surface area contributed by atoms with E-state index in [-0.39, 0.29) is 18.6 Å². The van der Waals surface area contributed by atoms with Crippen LogP contribution in [0.4, 0.5) is 0 Å². The van der Waals surface area contributed by atoms with Gasteiger partial charge in [-0.15, -0.1) is 0 Å². The van der Waals surface area contributed by atoms with Crippen molar-refractivity contribution in [2.45, 2.75) is 31.7 Å². The Morgan fingerprint density at radius 1 is 1.20 bits per heavy atom. The van der Waals surface area contributed by atoms with Crippen LogP contribution in [-0.4, -0.2) is 59.6 Å². The molecule has 0 aromatic heterocycles. The molecule has 4 heteroatoms. The lowest BCUT2D eigenvalue weighted by atomic mass is 10.2. The van der Waals surface area contributed by atoms with E-state index in [0.29, 0.717) is 6.54 Å². The lowest BCUT2D eigenvalue weighted by molar-refractivity contribution is -0.131. The third kappa shape index (κ3) is 2.49. The van der Waals surface area contributed by atoms with Crippen LogP contribution in [0.2, 0.25) is 0 Å². The van der Waals surface area contributed by atoms with E-state index in [2.05, 4.69) is 4.90 Å². The second kappa shape index (κ2) is 4.94. The van der Waals surface area contributed by atoms with Crippen LogP contribution in [-0.2, 0) is 4.79 Å². The molecule has 2 rings (SSSR count). The minimum Gasteiger partial charge on any atom is -0.395 e. The summed E-state index contributed by atoms with van der Waals surface area (Å²) in [7, 11) is 0. The number of aliphatic hydroxyl groups is 1. The highest BCUT2D eigenvalue weighted by atomic mass is 16.3. The molecule has 0 aliphatic carbocycles. The number of aliphatic hydroxyl groups excluding tert-OH is 1. The molecular weight excluding hydrogens is 192 g/mol. The van der Waals surface area contributed by atoms with E-state index in [9.17, 15) is 4.79 Å². The molecule has 2 fully saturated rings. The monoisotopic (exact) mass is 212 g/mol. The molecular formula is C11H20N2O2. The molecule has 1 amide bonds. The Morgan fingerprint density at radius 2 is 1.93 bits per heavy atom. The van der Waals surface area contributed by atoms with Crippen molar-refractivity contribution in [2.24, 2.45) is 0 Å². The van der Waals surface area contributed by atoms with Crippen molar-refractivity contribution in [1.82, 2.24) is 9.80 Å². The average Bonchev–Trinajstić information content (AvgIpc) is 2.87. The van der Waals surface area contributed by atoms with Gasteiger partial charge in [-0.3, -0.25) is 9.69 Å². The fraction of sp³-hybridized carbons (Fsp3) is 0.909. The van der Waals surface area contributed by atoms with Crippen molar-refractivity contribution in [3.63, 3.8) is 0 Å². The summed E-state index contributed by atoms with van der Waals surface area (Å²) in [6.07, 6.45) is 4.44. The van der Waals surface area contributed by atoms with Gasteiger partial charge in [0.1, 0.15) is 0 Å². The first-order valence-electron chi connectivity index (χ1n) is 5.94. The first-order valence-corrected chi connectivity index (χ1v) is 5.94. The second-order valence-corrected chi connectivity index (χ2v) is 4.54. The van der Waals surface area contributed by atoms with Gasteiger partial charge in [-0.25, -0.2) is 0 Å². The molecule has 2 aliphatic heterocycles. The largest absolute Gasteiger partial charge is 0.395 e. The standard InChI is InChI=1S/C11H20N2O2/c14-9-10-4-3-7-13(10)8-11(15)12-5-1-2-6-12/h10,14H,1-9H2/t10-/m1/s1. The molecule has 1 N–H and O–H groups in total. The van der Waals surface area contributed by atoms with Gasteiger partial charge in [0, 0.05) is 19.1 Å². The van der Waals surface area contributed by atoms with Gasteiger partial charge in [0.05, 0.1) is 13.2 Å². The zero-order valence-corrected chi connectivity index (χ0v) is 9.19. The van der Waals surface area contributed by atoms with Crippen LogP contribution in [0.25, 0.3) is 0 Å². The van der Waals surface area contributed by atoms with Crippen LogP contribution in [0.5, 0.6) is 0 Å². The number of rotatable bonds is 3. The van der Waals surface area contributed by atoms with Gasteiger partial charge in [0.2, 0.25) is 5.91 Å². The molecule has 15 heavy (non-hydrogen) atoms.